The molecule has 0 aliphatic rings. The molecule has 1 amide bonds. The zero-order valence-electron chi connectivity index (χ0n) is 10.9. The molecule has 3 N–H and O–H groups in total. The van der Waals surface area contributed by atoms with Crippen molar-refractivity contribution in [1.82, 2.24) is 10.3 Å². The summed E-state index contributed by atoms with van der Waals surface area (Å²) in [6, 6.07) is 9.39. The molecule has 0 saturated heterocycles. The van der Waals surface area contributed by atoms with Crippen molar-refractivity contribution in [2.45, 2.75) is 19.3 Å². The van der Waals surface area contributed by atoms with Gasteiger partial charge in [0.2, 0.25) is 0 Å². The molecule has 0 spiro atoms. The fourth-order valence-electron chi connectivity index (χ4n) is 1.97. The summed E-state index contributed by atoms with van der Waals surface area (Å²) in [5, 5.41) is 3.91. The second-order valence-electron chi connectivity index (χ2n) is 4.52. The van der Waals surface area contributed by atoms with Crippen LogP contribution in [0.5, 0.6) is 0 Å². The van der Waals surface area contributed by atoms with Crippen molar-refractivity contribution in [3.8, 4) is 0 Å². The molecule has 0 fully saturated rings. The minimum Gasteiger partial charge on any atom is -0.352 e. The number of amides is 1. The van der Waals surface area contributed by atoms with Gasteiger partial charge in [-0.2, -0.15) is 0 Å². The molecule has 2 aromatic rings. The SMILES string of the molecule is NCCCCCNC(=O)c1ccc2ncccc2c1. The van der Waals surface area contributed by atoms with Gasteiger partial charge in [-0.05, 0) is 43.7 Å². The van der Waals surface area contributed by atoms with Gasteiger partial charge >= 0.3 is 0 Å². The van der Waals surface area contributed by atoms with Crippen LogP contribution in [0.1, 0.15) is 29.6 Å². The number of pyridine rings is 1. The Morgan fingerprint density at radius 2 is 2.11 bits per heavy atom. The van der Waals surface area contributed by atoms with Crippen molar-refractivity contribution in [2.24, 2.45) is 5.73 Å². The topological polar surface area (TPSA) is 68.0 Å². The number of nitrogens with one attached hydrogen (secondary N) is 1. The molecule has 0 aliphatic heterocycles. The molecule has 0 radical (unpaired) electrons. The van der Waals surface area contributed by atoms with Crippen LogP contribution >= 0.6 is 0 Å². The lowest BCUT2D eigenvalue weighted by molar-refractivity contribution is 0.0953. The fourth-order valence-corrected chi connectivity index (χ4v) is 1.97. The standard InChI is InChI=1S/C15H19N3O/c16-8-2-1-3-9-18-15(19)13-6-7-14-12(11-13)5-4-10-17-14/h4-7,10-11H,1-3,8-9,16H2,(H,18,19). The minimum atomic E-state index is -0.0292. The molecule has 1 aromatic heterocycles. The first kappa shape index (κ1) is 13.5. The minimum absolute atomic E-state index is 0.0292. The van der Waals surface area contributed by atoms with Gasteiger partial charge in [-0.25, -0.2) is 0 Å². The van der Waals surface area contributed by atoms with E-state index in [0.717, 1.165) is 30.2 Å². The van der Waals surface area contributed by atoms with Crippen molar-refractivity contribution in [3.63, 3.8) is 0 Å². The third-order valence-corrected chi connectivity index (χ3v) is 3.03. The number of aromatic nitrogens is 1. The first-order chi connectivity index (χ1) is 9.31. The Bertz CT molecular complexity index is 554. The smallest absolute Gasteiger partial charge is 0.251 e. The maximum absolute atomic E-state index is 12.0. The number of rotatable bonds is 6. The molecule has 1 heterocycles. The van der Waals surface area contributed by atoms with Gasteiger partial charge < -0.3 is 11.1 Å². The maximum atomic E-state index is 12.0. The average Bonchev–Trinajstić information content (AvgIpc) is 2.46. The van der Waals surface area contributed by atoms with Crippen molar-refractivity contribution in [2.75, 3.05) is 13.1 Å². The van der Waals surface area contributed by atoms with Gasteiger partial charge in [0.1, 0.15) is 0 Å². The number of carbonyl (C=O) groups excluding carboxylic acids is 1. The first-order valence-corrected chi connectivity index (χ1v) is 6.64. The van der Waals surface area contributed by atoms with Crippen LogP contribution < -0.4 is 11.1 Å². The average molecular weight is 257 g/mol. The lowest BCUT2D eigenvalue weighted by atomic mass is 10.1. The number of unbranched alkanes of at least 4 members (excludes halogenated alkanes) is 2. The summed E-state index contributed by atoms with van der Waals surface area (Å²) in [5.41, 5.74) is 7.01. The fraction of sp³-hybridized carbons (Fsp3) is 0.333. The summed E-state index contributed by atoms with van der Waals surface area (Å²) in [6.07, 6.45) is 4.79. The number of carbonyl (C=O) groups is 1. The summed E-state index contributed by atoms with van der Waals surface area (Å²) in [7, 11) is 0. The molecule has 19 heavy (non-hydrogen) atoms. The normalized spacial score (nSPS) is 10.6. The van der Waals surface area contributed by atoms with Crippen molar-refractivity contribution >= 4 is 16.8 Å². The molecule has 0 bridgehead atoms. The highest BCUT2D eigenvalue weighted by atomic mass is 16.1. The summed E-state index contributed by atoms with van der Waals surface area (Å²) in [6.45, 7) is 1.41. The molecule has 0 unspecified atom stereocenters. The Morgan fingerprint density at radius 3 is 2.95 bits per heavy atom. The number of nitrogens with zero attached hydrogens (tertiary/aromatic N) is 1. The molecule has 4 nitrogen and oxygen atoms in total. The van der Waals surface area contributed by atoms with E-state index in [-0.39, 0.29) is 5.91 Å². The highest BCUT2D eigenvalue weighted by Crippen LogP contribution is 2.13. The quantitative estimate of drug-likeness (QED) is 0.779. The number of fused-ring (bicyclic) bond motifs is 1. The molecular weight excluding hydrogens is 238 g/mol. The first-order valence-electron chi connectivity index (χ1n) is 6.64. The number of hydrogen-bond donors (Lipinski definition) is 2. The lowest BCUT2D eigenvalue weighted by Crippen LogP contribution is -2.24. The predicted octanol–water partition coefficient (Wildman–Crippen LogP) is 2.09. The second-order valence-corrected chi connectivity index (χ2v) is 4.52. The Labute approximate surface area is 113 Å². The summed E-state index contributed by atoms with van der Waals surface area (Å²) in [5.74, 6) is -0.0292. The van der Waals surface area contributed by atoms with E-state index in [1.807, 2.05) is 30.3 Å². The molecule has 0 aliphatic carbocycles. The second kappa shape index (κ2) is 6.85. The molecule has 1 aromatic carbocycles. The third kappa shape index (κ3) is 3.76. The van der Waals surface area contributed by atoms with Crippen LogP contribution in [0.4, 0.5) is 0 Å². The van der Waals surface area contributed by atoms with Crippen molar-refractivity contribution < 1.29 is 4.79 Å². The van der Waals surface area contributed by atoms with E-state index in [4.69, 9.17) is 5.73 Å². The number of nitrogens with two attached hydrogens (primary N) is 1. The summed E-state index contributed by atoms with van der Waals surface area (Å²) in [4.78, 5) is 16.2. The molecular formula is C15H19N3O. The van der Waals surface area contributed by atoms with Crippen LogP contribution in [-0.4, -0.2) is 24.0 Å². The van der Waals surface area contributed by atoms with E-state index < -0.39 is 0 Å². The zero-order chi connectivity index (χ0) is 13.5. The van der Waals surface area contributed by atoms with Crippen LogP contribution in [0.3, 0.4) is 0 Å². The summed E-state index contributed by atoms with van der Waals surface area (Å²) < 4.78 is 0. The van der Waals surface area contributed by atoms with E-state index in [1.165, 1.54) is 0 Å². The molecule has 0 atom stereocenters. The molecule has 4 heteroatoms. The Hall–Kier alpha value is -1.94. The van der Waals surface area contributed by atoms with Gasteiger partial charge in [-0.1, -0.05) is 12.5 Å². The van der Waals surface area contributed by atoms with Gasteiger partial charge in [-0.15, -0.1) is 0 Å². The van der Waals surface area contributed by atoms with E-state index in [0.29, 0.717) is 18.7 Å². The highest BCUT2D eigenvalue weighted by molar-refractivity contribution is 5.97. The van der Waals surface area contributed by atoms with E-state index >= 15 is 0 Å². The van der Waals surface area contributed by atoms with Gasteiger partial charge in [0.05, 0.1) is 5.52 Å². The van der Waals surface area contributed by atoms with Crippen LogP contribution in [0, 0.1) is 0 Å². The zero-order valence-corrected chi connectivity index (χ0v) is 10.9. The van der Waals surface area contributed by atoms with E-state index in [9.17, 15) is 4.79 Å². The summed E-state index contributed by atoms with van der Waals surface area (Å²) >= 11 is 0. The van der Waals surface area contributed by atoms with Crippen LogP contribution in [0.25, 0.3) is 10.9 Å². The number of benzene rings is 1. The molecule has 2 rings (SSSR count). The van der Waals surface area contributed by atoms with Crippen LogP contribution in [0.2, 0.25) is 0 Å². The molecule has 0 saturated carbocycles. The maximum Gasteiger partial charge on any atom is 0.251 e. The van der Waals surface area contributed by atoms with E-state index in [2.05, 4.69) is 10.3 Å². The third-order valence-electron chi connectivity index (χ3n) is 3.03. The number of hydrogen-bond acceptors (Lipinski definition) is 3. The van der Waals surface area contributed by atoms with Crippen LogP contribution in [-0.2, 0) is 0 Å². The van der Waals surface area contributed by atoms with Crippen molar-refractivity contribution in [1.29, 1.82) is 0 Å². The van der Waals surface area contributed by atoms with Gasteiger partial charge in [-0.3, -0.25) is 9.78 Å². The Balaban J connectivity index is 1.93. The van der Waals surface area contributed by atoms with Gasteiger partial charge in [0, 0.05) is 23.7 Å². The molecule has 100 valence electrons. The van der Waals surface area contributed by atoms with Crippen molar-refractivity contribution in [3.05, 3.63) is 42.1 Å². The van der Waals surface area contributed by atoms with E-state index in [1.54, 1.807) is 6.20 Å². The largest absolute Gasteiger partial charge is 0.352 e. The van der Waals surface area contributed by atoms with Crippen LogP contribution in [0.15, 0.2) is 36.5 Å². The Kier molecular flexibility index (Phi) is 4.86. The Morgan fingerprint density at radius 1 is 1.21 bits per heavy atom. The lowest BCUT2D eigenvalue weighted by Gasteiger charge is -2.06. The predicted molar refractivity (Wildman–Crippen MR) is 77.0 cm³/mol. The highest BCUT2D eigenvalue weighted by Gasteiger charge is 2.05. The monoisotopic (exact) mass is 257 g/mol. The van der Waals surface area contributed by atoms with Gasteiger partial charge in [0.25, 0.3) is 5.91 Å². The van der Waals surface area contributed by atoms with Gasteiger partial charge in [0.15, 0.2) is 0 Å².